The minimum Gasteiger partial charge on any atom is -0.462 e. The molecule has 4 atom stereocenters. The first kappa shape index (κ1) is 18.6. The number of ether oxygens (including phenoxy) is 2. The van der Waals surface area contributed by atoms with E-state index in [4.69, 9.17) is 9.47 Å². The highest BCUT2D eigenvalue weighted by Crippen LogP contribution is 2.33. The molecule has 1 aromatic carbocycles. The number of rotatable bonds is 5. The van der Waals surface area contributed by atoms with Crippen LogP contribution in [0, 0.1) is 11.8 Å². The second-order valence-corrected chi connectivity index (χ2v) is 7.51. The van der Waals surface area contributed by atoms with E-state index in [0.29, 0.717) is 5.75 Å². The van der Waals surface area contributed by atoms with Gasteiger partial charge in [0.2, 0.25) is 6.29 Å². The molecular weight excluding hydrogens is 320 g/mol. The van der Waals surface area contributed by atoms with Crippen molar-refractivity contribution in [2.75, 3.05) is 6.61 Å². The maximum absolute atomic E-state index is 9.92. The van der Waals surface area contributed by atoms with Gasteiger partial charge in [-0.2, -0.15) is 0 Å². The Kier molecular flexibility index (Phi) is 6.34. The van der Waals surface area contributed by atoms with Gasteiger partial charge in [0.25, 0.3) is 0 Å². The molecule has 0 spiro atoms. The van der Waals surface area contributed by atoms with E-state index in [1.165, 1.54) is 37.7 Å². The van der Waals surface area contributed by atoms with Crippen molar-refractivity contribution in [1.82, 2.24) is 0 Å². The van der Waals surface area contributed by atoms with Crippen molar-refractivity contribution in [3.05, 3.63) is 29.8 Å². The summed E-state index contributed by atoms with van der Waals surface area (Å²) in [5.41, 5.74) is 1.30. The molecule has 1 aromatic rings. The highest BCUT2D eigenvalue weighted by Gasteiger charge is 2.38. The first-order valence-electron chi connectivity index (χ1n) is 9.48. The van der Waals surface area contributed by atoms with Gasteiger partial charge >= 0.3 is 0 Å². The fourth-order valence-electron chi connectivity index (χ4n) is 3.90. The Morgan fingerprint density at radius 3 is 2.24 bits per heavy atom. The molecule has 1 saturated heterocycles. The summed E-state index contributed by atoms with van der Waals surface area (Å²) >= 11 is 0. The molecule has 140 valence electrons. The number of aliphatic hydroxyl groups is 3. The van der Waals surface area contributed by atoms with E-state index in [1.807, 2.05) is 12.1 Å². The fraction of sp³-hybridized carbons (Fsp3) is 0.700. The molecule has 2 aliphatic rings. The molecular formula is C20H30O5. The largest absolute Gasteiger partial charge is 0.462 e. The van der Waals surface area contributed by atoms with Crippen LogP contribution >= 0.6 is 0 Å². The summed E-state index contributed by atoms with van der Waals surface area (Å²) in [5.74, 6) is 2.28. The number of aliphatic hydroxyl groups excluding tert-OH is 3. The molecule has 0 bridgehead atoms. The zero-order chi connectivity index (χ0) is 17.8. The quantitative estimate of drug-likeness (QED) is 0.759. The highest BCUT2D eigenvalue weighted by atomic mass is 16.7. The third kappa shape index (κ3) is 4.73. The van der Waals surface area contributed by atoms with Crippen LogP contribution in [0.25, 0.3) is 0 Å². The van der Waals surface area contributed by atoms with Crippen LogP contribution in [0.4, 0.5) is 0 Å². The smallest absolute Gasteiger partial charge is 0.228 e. The molecule has 5 nitrogen and oxygen atoms in total. The van der Waals surface area contributed by atoms with Gasteiger partial charge in [-0.05, 0) is 48.8 Å². The monoisotopic (exact) mass is 350 g/mol. The van der Waals surface area contributed by atoms with Gasteiger partial charge in [0, 0.05) is 0 Å². The van der Waals surface area contributed by atoms with Crippen LogP contribution in [-0.2, 0) is 11.2 Å². The number of hydrogen-bond donors (Lipinski definition) is 3. The predicted octanol–water partition coefficient (Wildman–Crippen LogP) is 2.26. The molecule has 25 heavy (non-hydrogen) atoms. The molecule has 1 aliphatic carbocycles. The zero-order valence-electron chi connectivity index (χ0n) is 14.9. The van der Waals surface area contributed by atoms with E-state index in [0.717, 1.165) is 18.3 Å². The summed E-state index contributed by atoms with van der Waals surface area (Å²) < 4.78 is 10.9. The van der Waals surface area contributed by atoms with Crippen LogP contribution in [0.3, 0.4) is 0 Å². The number of benzene rings is 1. The van der Waals surface area contributed by atoms with E-state index in [2.05, 4.69) is 19.1 Å². The zero-order valence-corrected chi connectivity index (χ0v) is 14.9. The summed E-state index contributed by atoms with van der Waals surface area (Å²) in [5, 5.41) is 29.1. The van der Waals surface area contributed by atoms with Gasteiger partial charge in [-0.15, -0.1) is 0 Å². The third-order valence-corrected chi connectivity index (χ3v) is 5.70. The average Bonchev–Trinajstić information content (AvgIpc) is 2.64. The van der Waals surface area contributed by atoms with Crippen molar-refractivity contribution in [1.29, 1.82) is 0 Å². The summed E-state index contributed by atoms with van der Waals surface area (Å²) in [6, 6.07) is 7.87. The molecule has 5 heteroatoms. The van der Waals surface area contributed by atoms with Crippen molar-refractivity contribution < 1.29 is 24.8 Å². The molecule has 0 aromatic heterocycles. The first-order valence-corrected chi connectivity index (χ1v) is 9.48. The van der Waals surface area contributed by atoms with Gasteiger partial charge in [-0.25, -0.2) is 0 Å². The fourth-order valence-corrected chi connectivity index (χ4v) is 3.90. The lowest BCUT2D eigenvalue weighted by atomic mass is 9.78. The van der Waals surface area contributed by atoms with Crippen molar-refractivity contribution in [2.45, 2.75) is 70.1 Å². The van der Waals surface area contributed by atoms with E-state index in [-0.39, 0.29) is 6.61 Å². The maximum Gasteiger partial charge on any atom is 0.228 e. The standard InChI is InChI=1S/C20H30O5/c1-2-13-3-5-14(6-4-13)11-15-7-9-16(10-8-15)25-20-19(23)18(22)17(21)12-24-20/h7-10,13-14,17-23H,2-6,11-12H2,1H3/t13?,14?,17-,18-,19+,20+/m0/s1. The van der Waals surface area contributed by atoms with Crippen LogP contribution < -0.4 is 4.74 Å². The van der Waals surface area contributed by atoms with Crippen LogP contribution in [0.5, 0.6) is 5.75 Å². The maximum atomic E-state index is 9.92. The summed E-state index contributed by atoms with van der Waals surface area (Å²) in [6.07, 6.45) is 3.19. The lowest BCUT2D eigenvalue weighted by molar-refractivity contribution is -0.242. The summed E-state index contributed by atoms with van der Waals surface area (Å²) in [4.78, 5) is 0. The second-order valence-electron chi connectivity index (χ2n) is 7.51. The van der Waals surface area contributed by atoms with Crippen molar-refractivity contribution >= 4 is 0 Å². The Labute approximate surface area is 149 Å². The molecule has 1 saturated carbocycles. The minimum absolute atomic E-state index is 0.0542. The van der Waals surface area contributed by atoms with Crippen molar-refractivity contribution in [2.24, 2.45) is 11.8 Å². The van der Waals surface area contributed by atoms with Crippen LogP contribution in [0.2, 0.25) is 0 Å². The van der Waals surface area contributed by atoms with E-state index < -0.39 is 24.6 Å². The SMILES string of the molecule is CCC1CCC(Cc2ccc(O[C@H]3OC[C@H](O)[C@H](O)[C@H]3O)cc2)CC1. The predicted molar refractivity (Wildman–Crippen MR) is 94.3 cm³/mol. The second kappa shape index (κ2) is 8.49. The Bertz CT molecular complexity index is 523. The molecule has 1 aliphatic heterocycles. The summed E-state index contributed by atoms with van der Waals surface area (Å²) in [6.45, 7) is 2.23. The summed E-state index contributed by atoms with van der Waals surface area (Å²) in [7, 11) is 0. The molecule has 3 N–H and O–H groups in total. The van der Waals surface area contributed by atoms with Gasteiger partial charge in [0.1, 0.15) is 24.1 Å². The van der Waals surface area contributed by atoms with E-state index in [1.54, 1.807) is 0 Å². The van der Waals surface area contributed by atoms with Crippen molar-refractivity contribution in [3.8, 4) is 5.75 Å². The topological polar surface area (TPSA) is 79.2 Å². The Morgan fingerprint density at radius 2 is 1.60 bits per heavy atom. The Hall–Kier alpha value is -1.14. The Balaban J connectivity index is 1.51. The van der Waals surface area contributed by atoms with Gasteiger partial charge in [-0.1, -0.05) is 38.3 Å². The van der Waals surface area contributed by atoms with E-state index >= 15 is 0 Å². The van der Waals surface area contributed by atoms with Crippen molar-refractivity contribution in [3.63, 3.8) is 0 Å². The van der Waals surface area contributed by atoms with Crippen LogP contribution in [-0.4, -0.2) is 46.5 Å². The van der Waals surface area contributed by atoms with Gasteiger partial charge in [0.15, 0.2) is 0 Å². The molecule has 0 amide bonds. The lowest BCUT2D eigenvalue weighted by Gasteiger charge is -2.34. The molecule has 2 fully saturated rings. The molecule has 3 rings (SSSR count). The molecule has 0 unspecified atom stereocenters. The normalized spacial score (nSPS) is 36.2. The lowest BCUT2D eigenvalue weighted by Crippen LogP contribution is -2.54. The number of hydrogen-bond acceptors (Lipinski definition) is 5. The van der Waals surface area contributed by atoms with Crippen LogP contribution in [0.15, 0.2) is 24.3 Å². The van der Waals surface area contributed by atoms with Gasteiger partial charge in [0.05, 0.1) is 6.61 Å². The average molecular weight is 350 g/mol. The van der Waals surface area contributed by atoms with Gasteiger partial charge in [-0.3, -0.25) is 0 Å². The third-order valence-electron chi connectivity index (χ3n) is 5.70. The molecule has 0 radical (unpaired) electrons. The Morgan fingerprint density at radius 1 is 0.960 bits per heavy atom. The van der Waals surface area contributed by atoms with Gasteiger partial charge < -0.3 is 24.8 Å². The molecule has 1 heterocycles. The highest BCUT2D eigenvalue weighted by molar-refractivity contribution is 5.27. The van der Waals surface area contributed by atoms with E-state index in [9.17, 15) is 15.3 Å². The first-order chi connectivity index (χ1) is 12.1. The minimum atomic E-state index is -1.27. The van der Waals surface area contributed by atoms with Crippen LogP contribution in [0.1, 0.15) is 44.6 Å².